The highest BCUT2D eigenvalue weighted by atomic mass is 16.5. The first-order valence-electron chi connectivity index (χ1n) is 4.42. The van der Waals surface area contributed by atoms with Crippen LogP contribution in [0.5, 0.6) is 0 Å². The van der Waals surface area contributed by atoms with Crippen LogP contribution in [0.3, 0.4) is 0 Å². The van der Waals surface area contributed by atoms with Gasteiger partial charge in [-0.2, -0.15) is 0 Å². The van der Waals surface area contributed by atoms with E-state index in [4.69, 9.17) is 4.74 Å². The van der Waals surface area contributed by atoms with Crippen LogP contribution in [0.4, 0.5) is 0 Å². The van der Waals surface area contributed by atoms with Gasteiger partial charge in [-0.1, -0.05) is 6.92 Å². The Morgan fingerprint density at radius 1 is 1.36 bits per heavy atom. The van der Waals surface area contributed by atoms with Gasteiger partial charge in [0.15, 0.2) is 0 Å². The van der Waals surface area contributed by atoms with Crippen molar-refractivity contribution < 1.29 is 4.74 Å². The van der Waals surface area contributed by atoms with Crippen molar-refractivity contribution in [2.75, 3.05) is 20.2 Å². The van der Waals surface area contributed by atoms with E-state index in [1.807, 2.05) is 7.11 Å². The highest BCUT2D eigenvalue weighted by Gasteiger charge is 2.30. The first-order valence-corrected chi connectivity index (χ1v) is 4.42. The van der Waals surface area contributed by atoms with Crippen LogP contribution in [0.1, 0.15) is 20.8 Å². The Morgan fingerprint density at radius 3 is 2.27 bits per heavy atom. The SMILES string of the molecule is CO[C@@H]1CN(C(C)C)CC1C. The number of hydrogen-bond donors (Lipinski definition) is 0. The minimum Gasteiger partial charge on any atom is -0.380 e. The van der Waals surface area contributed by atoms with E-state index in [9.17, 15) is 0 Å². The summed E-state index contributed by atoms with van der Waals surface area (Å²) in [6, 6.07) is 0.664. The molecule has 0 aliphatic carbocycles. The van der Waals surface area contributed by atoms with E-state index in [1.54, 1.807) is 0 Å². The fourth-order valence-electron chi connectivity index (χ4n) is 1.70. The second-order valence-electron chi connectivity index (χ2n) is 3.80. The fraction of sp³-hybridized carbons (Fsp3) is 1.00. The Morgan fingerprint density at radius 2 is 2.00 bits per heavy atom. The van der Waals surface area contributed by atoms with Crippen molar-refractivity contribution in [2.45, 2.75) is 32.9 Å². The van der Waals surface area contributed by atoms with E-state index in [-0.39, 0.29) is 0 Å². The highest BCUT2D eigenvalue weighted by molar-refractivity contribution is 4.83. The van der Waals surface area contributed by atoms with Crippen LogP contribution in [0, 0.1) is 5.92 Å². The molecular weight excluding hydrogens is 138 g/mol. The van der Waals surface area contributed by atoms with Crippen LogP contribution in [-0.4, -0.2) is 37.2 Å². The Kier molecular flexibility index (Phi) is 2.90. The molecule has 0 amide bonds. The molecule has 2 heteroatoms. The van der Waals surface area contributed by atoms with E-state index >= 15 is 0 Å². The quantitative estimate of drug-likeness (QED) is 0.600. The molecule has 2 atom stereocenters. The van der Waals surface area contributed by atoms with E-state index in [0.717, 1.165) is 6.54 Å². The van der Waals surface area contributed by atoms with Crippen molar-refractivity contribution in [3.8, 4) is 0 Å². The standard InChI is InChI=1S/C9H19NO/c1-7(2)10-5-8(3)9(6-10)11-4/h7-9H,5-6H2,1-4H3/t8?,9-/m1/s1. The second kappa shape index (κ2) is 3.55. The number of methoxy groups -OCH3 is 1. The third-order valence-electron chi connectivity index (χ3n) is 2.60. The molecule has 0 radical (unpaired) electrons. The maximum Gasteiger partial charge on any atom is 0.0735 e. The van der Waals surface area contributed by atoms with Gasteiger partial charge >= 0.3 is 0 Å². The third kappa shape index (κ3) is 1.94. The molecule has 1 fully saturated rings. The predicted octanol–water partition coefficient (Wildman–Crippen LogP) is 1.36. The maximum atomic E-state index is 5.36. The molecule has 1 rings (SSSR count). The van der Waals surface area contributed by atoms with Gasteiger partial charge in [-0.25, -0.2) is 0 Å². The fourth-order valence-corrected chi connectivity index (χ4v) is 1.70. The highest BCUT2D eigenvalue weighted by Crippen LogP contribution is 2.20. The van der Waals surface area contributed by atoms with Gasteiger partial charge in [0.05, 0.1) is 6.10 Å². The van der Waals surface area contributed by atoms with E-state index in [2.05, 4.69) is 25.7 Å². The van der Waals surface area contributed by atoms with Crippen LogP contribution >= 0.6 is 0 Å². The Labute approximate surface area is 69.5 Å². The second-order valence-corrected chi connectivity index (χ2v) is 3.80. The summed E-state index contributed by atoms with van der Waals surface area (Å²) in [5.41, 5.74) is 0. The summed E-state index contributed by atoms with van der Waals surface area (Å²) in [7, 11) is 1.81. The van der Waals surface area contributed by atoms with Crippen LogP contribution in [0.15, 0.2) is 0 Å². The molecule has 11 heavy (non-hydrogen) atoms. The largest absolute Gasteiger partial charge is 0.380 e. The van der Waals surface area contributed by atoms with E-state index < -0.39 is 0 Å². The molecule has 0 aromatic rings. The lowest BCUT2D eigenvalue weighted by Gasteiger charge is -2.19. The first kappa shape index (κ1) is 9.01. The van der Waals surface area contributed by atoms with Crippen LogP contribution in [-0.2, 0) is 4.74 Å². The van der Waals surface area contributed by atoms with E-state index in [1.165, 1.54) is 6.54 Å². The number of likely N-dealkylation sites (tertiary alicyclic amines) is 1. The molecule has 0 N–H and O–H groups in total. The summed E-state index contributed by atoms with van der Waals surface area (Å²) in [6.07, 6.45) is 0.456. The zero-order valence-electron chi connectivity index (χ0n) is 8.00. The molecule has 1 aliphatic rings. The number of nitrogens with zero attached hydrogens (tertiary/aromatic N) is 1. The number of hydrogen-bond acceptors (Lipinski definition) is 2. The summed E-state index contributed by atoms with van der Waals surface area (Å²) in [5.74, 6) is 0.697. The monoisotopic (exact) mass is 157 g/mol. The summed E-state index contributed by atoms with van der Waals surface area (Å²) >= 11 is 0. The Balaban J connectivity index is 2.43. The molecular formula is C9H19NO. The molecule has 1 unspecified atom stereocenters. The van der Waals surface area contributed by atoms with Gasteiger partial charge in [-0.05, 0) is 19.8 Å². The number of rotatable bonds is 2. The van der Waals surface area contributed by atoms with Crippen molar-refractivity contribution in [2.24, 2.45) is 5.92 Å². The first-order chi connectivity index (χ1) is 5.15. The summed E-state index contributed by atoms with van der Waals surface area (Å²) in [5, 5.41) is 0. The molecule has 1 saturated heterocycles. The average molecular weight is 157 g/mol. The molecule has 1 heterocycles. The summed E-state index contributed by atoms with van der Waals surface area (Å²) in [4.78, 5) is 2.47. The predicted molar refractivity (Wildman–Crippen MR) is 46.7 cm³/mol. The van der Waals surface area contributed by atoms with Crippen LogP contribution in [0.2, 0.25) is 0 Å². The summed E-state index contributed by atoms with van der Waals surface area (Å²) < 4.78 is 5.36. The van der Waals surface area contributed by atoms with Crippen LogP contribution in [0.25, 0.3) is 0 Å². The lowest BCUT2D eigenvalue weighted by Crippen LogP contribution is -2.29. The Bertz CT molecular complexity index is 125. The van der Waals surface area contributed by atoms with Crippen molar-refractivity contribution >= 4 is 0 Å². The zero-order chi connectivity index (χ0) is 8.43. The lowest BCUT2D eigenvalue weighted by molar-refractivity contribution is 0.0817. The van der Waals surface area contributed by atoms with Crippen molar-refractivity contribution in [3.05, 3.63) is 0 Å². The van der Waals surface area contributed by atoms with Gasteiger partial charge in [-0.3, -0.25) is 4.90 Å². The zero-order valence-corrected chi connectivity index (χ0v) is 8.00. The summed E-state index contributed by atoms with van der Waals surface area (Å²) in [6.45, 7) is 9.04. The topological polar surface area (TPSA) is 12.5 Å². The molecule has 2 nitrogen and oxygen atoms in total. The van der Waals surface area contributed by atoms with Gasteiger partial charge < -0.3 is 4.74 Å². The van der Waals surface area contributed by atoms with Gasteiger partial charge in [0.25, 0.3) is 0 Å². The normalized spacial score (nSPS) is 33.5. The van der Waals surface area contributed by atoms with Gasteiger partial charge in [0.2, 0.25) is 0 Å². The molecule has 0 bridgehead atoms. The van der Waals surface area contributed by atoms with Crippen molar-refractivity contribution in [1.29, 1.82) is 0 Å². The number of ether oxygens (including phenoxy) is 1. The average Bonchev–Trinajstić information content (AvgIpc) is 2.31. The molecule has 0 spiro atoms. The van der Waals surface area contributed by atoms with Gasteiger partial charge in [0, 0.05) is 26.2 Å². The Hall–Kier alpha value is -0.0800. The third-order valence-corrected chi connectivity index (χ3v) is 2.60. The van der Waals surface area contributed by atoms with Gasteiger partial charge in [0.1, 0.15) is 0 Å². The smallest absolute Gasteiger partial charge is 0.0735 e. The maximum absolute atomic E-state index is 5.36. The molecule has 0 saturated carbocycles. The van der Waals surface area contributed by atoms with Crippen molar-refractivity contribution in [1.82, 2.24) is 4.90 Å². The molecule has 0 aromatic heterocycles. The van der Waals surface area contributed by atoms with Crippen molar-refractivity contribution in [3.63, 3.8) is 0 Å². The van der Waals surface area contributed by atoms with E-state index in [0.29, 0.717) is 18.1 Å². The van der Waals surface area contributed by atoms with Gasteiger partial charge in [-0.15, -0.1) is 0 Å². The molecule has 66 valence electrons. The lowest BCUT2D eigenvalue weighted by atomic mass is 10.1. The molecule has 0 aromatic carbocycles. The molecule has 1 aliphatic heterocycles. The minimum absolute atomic E-state index is 0.456. The van der Waals surface area contributed by atoms with Crippen LogP contribution < -0.4 is 0 Å². The minimum atomic E-state index is 0.456.